The van der Waals surface area contributed by atoms with Gasteiger partial charge in [0.25, 0.3) is 0 Å². The average molecular weight is 255 g/mol. The largest absolute Gasteiger partial charge is 0.394 e. The lowest BCUT2D eigenvalue weighted by Gasteiger charge is -2.22. The minimum atomic E-state index is -0.0000813. The van der Waals surface area contributed by atoms with E-state index in [1.54, 1.807) is 0 Å². The van der Waals surface area contributed by atoms with E-state index in [9.17, 15) is 5.11 Å². The molecule has 0 aliphatic rings. The number of hydrogen-bond acceptors (Lipinski definition) is 2. The molecule has 0 aliphatic heterocycles. The van der Waals surface area contributed by atoms with Gasteiger partial charge in [-0.25, -0.2) is 0 Å². The summed E-state index contributed by atoms with van der Waals surface area (Å²) < 4.78 is 0. The van der Waals surface area contributed by atoms with E-state index in [2.05, 4.69) is 36.5 Å². The molecule has 0 aromatic heterocycles. The van der Waals surface area contributed by atoms with Crippen LogP contribution in [-0.4, -0.2) is 17.8 Å². The molecule has 2 rings (SSSR count). The number of hydrogen-bond donors (Lipinski definition) is 2. The van der Waals surface area contributed by atoms with E-state index in [1.165, 1.54) is 5.56 Å². The van der Waals surface area contributed by atoms with Gasteiger partial charge in [-0.3, -0.25) is 0 Å². The molecule has 0 saturated heterocycles. The molecule has 2 N–H and O–H groups in total. The van der Waals surface area contributed by atoms with E-state index in [0.717, 1.165) is 12.0 Å². The van der Waals surface area contributed by atoms with Crippen molar-refractivity contribution in [2.45, 2.75) is 25.4 Å². The van der Waals surface area contributed by atoms with Crippen LogP contribution < -0.4 is 5.32 Å². The predicted octanol–water partition coefficient (Wildman–Crippen LogP) is 2.94. The van der Waals surface area contributed by atoms with Crippen LogP contribution in [0.15, 0.2) is 60.7 Å². The fourth-order valence-electron chi connectivity index (χ4n) is 2.31. The van der Waals surface area contributed by atoms with Gasteiger partial charge in [0.15, 0.2) is 0 Å². The Morgan fingerprint density at radius 1 is 0.947 bits per heavy atom. The van der Waals surface area contributed by atoms with Crippen molar-refractivity contribution in [3.8, 4) is 0 Å². The van der Waals surface area contributed by atoms with Crippen LogP contribution in [0.5, 0.6) is 0 Å². The lowest BCUT2D eigenvalue weighted by atomic mass is 10.0. The highest BCUT2D eigenvalue weighted by molar-refractivity contribution is 5.20. The first-order chi connectivity index (χ1) is 9.29. The number of rotatable bonds is 6. The maximum absolute atomic E-state index is 9.53. The van der Waals surface area contributed by atoms with Gasteiger partial charge in [-0.15, -0.1) is 0 Å². The maximum Gasteiger partial charge on any atom is 0.0626 e. The van der Waals surface area contributed by atoms with Crippen molar-refractivity contribution in [1.29, 1.82) is 0 Å². The van der Waals surface area contributed by atoms with Gasteiger partial charge in [0.05, 0.1) is 12.6 Å². The first kappa shape index (κ1) is 13.8. The molecule has 0 saturated carbocycles. The van der Waals surface area contributed by atoms with E-state index < -0.39 is 0 Å². The Morgan fingerprint density at radius 2 is 1.53 bits per heavy atom. The van der Waals surface area contributed by atoms with Crippen LogP contribution in [0.3, 0.4) is 0 Å². The van der Waals surface area contributed by atoms with Crippen molar-refractivity contribution in [1.82, 2.24) is 5.32 Å². The summed E-state index contributed by atoms with van der Waals surface area (Å²) in [6.45, 7) is 2.27. The van der Waals surface area contributed by atoms with E-state index in [1.807, 2.05) is 36.4 Å². The van der Waals surface area contributed by atoms with Gasteiger partial charge < -0.3 is 10.4 Å². The molecule has 2 heteroatoms. The van der Waals surface area contributed by atoms with Crippen LogP contribution in [0.2, 0.25) is 0 Å². The molecule has 0 heterocycles. The van der Waals surface area contributed by atoms with Gasteiger partial charge in [0, 0.05) is 6.04 Å². The van der Waals surface area contributed by atoms with E-state index in [0.29, 0.717) is 6.04 Å². The Bertz CT molecular complexity index is 469. The molecule has 0 fully saturated rings. The average Bonchev–Trinajstić information content (AvgIpc) is 2.47. The minimum absolute atomic E-state index is 0.0000813. The summed E-state index contributed by atoms with van der Waals surface area (Å²) in [5.41, 5.74) is 2.44. The third-order valence-corrected chi connectivity index (χ3v) is 3.25. The van der Waals surface area contributed by atoms with Gasteiger partial charge in [-0.2, -0.15) is 0 Å². The summed E-state index contributed by atoms with van der Waals surface area (Å²) >= 11 is 0. The van der Waals surface area contributed by atoms with Gasteiger partial charge in [0.1, 0.15) is 0 Å². The molecular formula is C17H21NO. The third kappa shape index (κ3) is 4.19. The first-order valence-electron chi connectivity index (χ1n) is 6.75. The zero-order valence-corrected chi connectivity index (χ0v) is 11.3. The third-order valence-electron chi connectivity index (χ3n) is 3.25. The summed E-state index contributed by atoms with van der Waals surface area (Å²) in [5.74, 6) is 0. The van der Waals surface area contributed by atoms with Crippen molar-refractivity contribution >= 4 is 0 Å². The molecule has 2 nitrogen and oxygen atoms in total. The molecule has 2 aromatic rings. The monoisotopic (exact) mass is 255 g/mol. The lowest BCUT2D eigenvalue weighted by molar-refractivity contribution is 0.235. The van der Waals surface area contributed by atoms with Crippen LogP contribution in [0.1, 0.15) is 24.1 Å². The van der Waals surface area contributed by atoms with E-state index in [4.69, 9.17) is 0 Å². The molecule has 1 unspecified atom stereocenters. The fraction of sp³-hybridized carbons (Fsp3) is 0.294. The molecular weight excluding hydrogens is 234 g/mol. The number of aliphatic hydroxyl groups excluding tert-OH is 1. The fourth-order valence-corrected chi connectivity index (χ4v) is 2.31. The zero-order valence-electron chi connectivity index (χ0n) is 11.3. The summed E-state index contributed by atoms with van der Waals surface area (Å²) in [7, 11) is 0. The Morgan fingerprint density at radius 3 is 2.11 bits per heavy atom. The van der Waals surface area contributed by atoms with Crippen molar-refractivity contribution in [2.24, 2.45) is 0 Å². The molecule has 0 aliphatic carbocycles. The van der Waals surface area contributed by atoms with Crippen LogP contribution in [-0.2, 0) is 6.42 Å². The predicted molar refractivity (Wildman–Crippen MR) is 79.0 cm³/mol. The number of aliphatic hydroxyl groups is 1. The van der Waals surface area contributed by atoms with Gasteiger partial charge in [0.2, 0.25) is 0 Å². The molecule has 19 heavy (non-hydrogen) atoms. The molecule has 100 valence electrons. The van der Waals surface area contributed by atoms with E-state index in [-0.39, 0.29) is 12.6 Å². The summed E-state index contributed by atoms with van der Waals surface area (Å²) in [5, 5.41) is 13.0. The minimum Gasteiger partial charge on any atom is -0.394 e. The zero-order chi connectivity index (χ0) is 13.5. The van der Waals surface area contributed by atoms with Crippen LogP contribution >= 0.6 is 0 Å². The lowest BCUT2D eigenvalue weighted by Crippen LogP contribution is -2.34. The molecule has 2 atom stereocenters. The van der Waals surface area contributed by atoms with Gasteiger partial charge >= 0.3 is 0 Å². The summed E-state index contributed by atoms with van der Waals surface area (Å²) in [6.07, 6.45) is 0.962. The maximum atomic E-state index is 9.53. The van der Waals surface area contributed by atoms with Crippen molar-refractivity contribution in [3.05, 3.63) is 71.8 Å². The smallest absolute Gasteiger partial charge is 0.0626 e. The number of nitrogens with one attached hydrogen (secondary N) is 1. The highest BCUT2D eigenvalue weighted by atomic mass is 16.3. The Hall–Kier alpha value is -1.64. The van der Waals surface area contributed by atoms with Crippen molar-refractivity contribution in [3.63, 3.8) is 0 Å². The molecule has 0 bridgehead atoms. The van der Waals surface area contributed by atoms with E-state index >= 15 is 0 Å². The first-order valence-corrected chi connectivity index (χ1v) is 6.75. The number of benzene rings is 2. The molecule has 0 radical (unpaired) electrons. The highest BCUT2D eigenvalue weighted by Gasteiger charge is 2.13. The second-order valence-electron chi connectivity index (χ2n) is 4.90. The van der Waals surface area contributed by atoms with Crippen molar-refractivity contribution < 1.29 is 5.11 Å². The van der Waals surface area contributed by atoms with Crippen LogP contribution in [0, 0.1) is 0 Å². The Kier molecular flexibility index (Phi) is 5.13. The quantitative estimate of drug-likeness (QED) is 0.832. The Balaban J connectivity index is 1.95. The second kappa shape index (κ2) is 7.07. The second-order valence-corrected chi connectivity index (χ2v) is 4.90. The van der Waals surface area contributed by atoms with Gasteiger partial charge in [-0.1, -0.05) is 60.7 Å². The molecule has 2 aromatic carbocycles. The normalized spacial score (nSPS) is 14.0. The summed E-state index contributed by atoms with van der Waals surface area (Å²) in [6, 6.07) is 20.8. The molecule has 0 spiro atoms. The standard InChI is InChI=1S/C17H21NO/c1-14(12-15-8-4-2-5-9-15)18-17(13-19)16-10-6-3-7-11-16/h2-11,14,17-19H,12-13H2,1H3/t14?,17-/m0/s1. The van der Waals surface area contributed by atoms with Gasteiger partial charge in [-0.05, 0) is 24.5 Å². The van der Waals surface area contributed by atoms with Crippen LogP contribution in [0.25, 0.3) is 0 Å². The SMILES string of the molecule is CC(Cc1ccccc1)N[C@@H](CO)c1ccccc1. The highest BCUT2D eigenvalue weighted by Crippen LogP contribution is 2.13. The Labute approximate surface area is 115 Å². The molecule has 0 amide bonds. The van der Waals surface area contributed by atoms with Crippen LogP contribution in [0.4, 0.5) is 0 Å². The topological polar surface area (TPSA) is 32.3 Å². The summed E-state index contributed by atoms with van der Waals surface area (Å²) in [4.78, 5) is 0. The van der Waals surface area contributed by atoms with Crippen molar-refractivity contribution in [2.75, 3.05) is 6.61 Å².